The monoisotopic (exact) mass is 183 g/mol. The van der Waals surface area contributed by atoms with Crippen molar-refractivity contribution in [2.45, 2.75) is 19.8 Å². The second-order valence-electron chi connectivity index (χ2n) is 2.77. The Morgan fingerprint density at radius 2 is 2.25 bits per heavy atom. The maximum atomic E-state index is 10.4. The van der Waals surface area contributed by atoms with Crippen LogP contribution in [0.1, 0.15) is 24.1 Å². The number of hydrogen-bond donors (Lipinski definition) is 0. The van der Waals surface area contributed by atoms with Gasteiger partial charge in [0.1, 0.15) is 11.4 Å². The summed E-state index contributed by atoms with van der Waals surface area (Å²) in [5.41, 5.74) is 1.65. The Kier molecular flexibility index (Phi) is 2.82. The summed E-state index contributed by atoms with van der Waals surface area (Å²) in [6.45, 7) is 3.67. The van der Waals surface area contributed by atoms with Crippen LogP contribution >= 0.6 is 11.6 Å². The molecular weight excluding hydrogens is 174 g/mol. The minimum absolute atomic E-state index is 0.178. The lowest BCUT2D eigenvalue weighted by atomic mass is 10.1. The maximum absolute atomic E-state index is 10.4. The molecule has 0 aliphatic carbocycles. The molecule has 1 aromatic rings. The second-order valence-corrected chi connectivity index (χ2v) is 3.13. The van der Waals surface area contributed by atoms with Crippen LogP contribution < -0.4 is 0 Å². The van der Waals surface area contributed by atoms with Crippen LogP contribution in [0.5, 0.6) is 0 Å². The van der Waals surface area contributed by atoms with Gasteiger partial charge in [0.2, 0.25) is 0 Å². The number of rotatable bonds is 2. The Morgan fingerprint density at radius 3 is 2.75 bits per heavy atom. The highest BCUT2D eigenvalue weighted by atomic mass is 35.5. The van der Waals surface area contributed by atoms with Crippen molar-refractivity contribution < 1.29 is 4.79 Å². The molecule has 0 saturated carbocycles. The van der Waals surface area contributed by atoms with Crippen molar-refractivity contribution in [3.8, 4) is 0 Å². The van der Waals surface area contributed by atoms with Gasteiger partial charge in [0, 0.05) is 0 Å². The summed E-state index contributed by atoms with van der Waals surface area (Å²) in [7, 11) is 0. The summed E-state index contributed by atoms with van der Waals surface area (Å²) >= 11 is 5.79. The van der Waals surface area contributed by atoms with Crippen molar-refractivity contribution in [3.05, 3.63) is 28.5 Å². The van der Waals surface area contributed by atoms with Crippen LogP contribution in [0.2, 0.25) is 5.15 Å². The largest absolute Gasteiger partial charge is 0.303 e. The van der Waals surface area contributed by atoms with Crippen molar-refractivity contribution in [2.75, 3.05) is 0 Å². The van der Waals surface area contributed by atoms with Crippen LogP contribution in [0.15, 0.2) is 12.1 Å². The van der Waals surface area contributed by atoms with Crippen LogP contribution in [0.25, 0.3) is 0 Å². The van der Waals surface area contributed by atoms with Crippen molar-refractivity contribution in [1.29, 1.82) is 0 Å². The predicted octanol–water partition coefficient (Wildman–Crippen LogP) is 2.35. The van der Waals surface area contributed by atoms with Gasteiger partial charge in [-0.3, -0.25) is 0 Å². The Labute approximate surface area is 76.6 Å². The Balaban J connectivity index is 3.04. The van der Waals surface area contributed by atoms with Crippen molar-refractivity contribution >= 4 is 17.9 Å². The molecule has 1 heterocycles. The van der Waals surface area contributed by atoms with Crippen LogP contribution in [-0.2, 0) is 4.79 Å². The second kappa shape index (κ2) is 3.68. The number of carbonyl (C=O) groups excluding carboxylic acids is 1. The average molecular weight is 184 g/mol. The molecule has 0 saturated heterocycles. The van der Waals surface area contributed by atoms with Crippen LogP contribution in [0.4, 0.5) is 0 Å². The molecule has 0 aromatic carbocycles. The molecular formula is C9H10ClNO. The molecule has 0 aliphatic heterocycles. The SMILES string of the molecule is Cc1ccc(C(C)C=O)nc1Cl. The first-order valence-electron chi connectivity index (χ1n) is 3.73. The van der Waals surface area contributed by atoms with E-state index in [9.17, 15) is 4.79 Å². The lowest BCUT2D eigenvalue weighted by Gasteiger charge is -2.04. The van der Waals surface area contributed by atoms with Gasteiger partial charge < -0.3 is 4.79 Å². The number of aldehydes is 1. The number of halogens is 1. The zero-order valence-electron chi connectivity index (χ0n) is 7.04. The summed E-state index contributed by atoms with van der Waals surface area (Å²) in [5.74, 6) is -0.178. The maximum Gasteiger partial charge on any atom is 0.132 e. The standard InChI is InChI=1S/C9H10ClNO/c1-6-3-4-8(7(2)5-12)11-9(6)10/h3-5,7H,1-2H3. The number of pyridine rings is 1. The molecule has 0 N–H and O–H groups in total. The number of carbonyl (C=O) groups is 1. The quantitative estimate of drug-likeness (QED) is 0.521. The highest BCUT2D eigenvalue weighted by Crippen LogP contribution is 2.16. The summed E-state index contributed by atoms with van der Waals surface area (Å²) in [6.07, 6.45) is 0.855. The highest BCUT2D eigenvalue weighted by molar-refractivity contribution is 6.30. The lowest BCUT2D eigenvalue weighted by molar-refractivity contribution is -0.108. The predicted molar refractivity (Wildman–Crippen MR) is 48.5 cm³/mol. The summed E-state index contributed by atoms with van der Waals surface area (Å²) in [5, 5.41) is 0.473. The molecule has 0 amide bonds. The van der Waals surface area contributed by atoms with Gasteiger partial charge in [-0.25, -0.2) is 4.98 Å². The summed E-state index contributed by atoms with van der Waals surface area (Å²) in [6, 6.07) is 3.69. The van der Waals surface area contributed by atoms with E-state index in [1.54, 1.807) is 6.92 Å². The van der Waals surface area contributed by atoms with Crippen molar-refractivity contribution in [3.63, 3.8) is 0 Å². The van der Waals surface area contributed by atoms with E-state index in [1.165, 1.54) is 0 Å². The van der Waals surface area contributed by atoms with E-state index in [0.717, 1.165) is 17.5 Å². The van der Waals surface area contributed by atoms with Gasteiger partial charge in [0.15, 0.2) is 0 Å². The van der Waals surface area contributed by atoms with E-state index >= 15 is 0 Å². The Hall–Kier alpha value is -0.890. The fraction of sp³-hybridized carbons (Fsp3) is 0.333. The molecule has 2 nitrogen and oxygen atoms in total. The normalized spacial score (nSPS) is 12.6. The van der Waals surface area contributed by atoms with E-state index in [2.05, 4.69) is 4.98 Å². The van der Waals surface area contributed by atoms with Crippen LogP contribution in [0, 0.1) is 6.92 Å². The molecule has 3 heteroatoms. The molecule has 1 rings (SSSR count). The zero-order valence-corrected chi connectivity index (χ0v) is 7.80. The van der Waals surface area contributed by atoms with Crippen LogP contribution in [-0.4, -0.2) is 11.3 Å². The van der Waals surface area contributed by atoms with E-state index < -0.39 is 0 Å². The van der Waals surface area contributed by atoms with Crippen molar-refractivity contribution in [1.82, 2.24) is 4.98 Å². The van der Waals surface area contributed by atoms with Gasteiger partial charge in [0.05, 0.1) is 11.6 Å². The van der Waals surface area contributed by atoms with Gasteiger partial charge >= 0.3 is 0 Å². The molecule has 12 heavy (non-hydrogen) atoms. The first-order valence-corrected chi connectivity index (χ1v) is 4.11. The lowest BCUT2D eigenvalue weighted by Crippen LogP contribution is -1.98. The third-order valence-corrected chi connectivity index (χ3v) is 2.11. The molecule has 0 fully saturated rings. The van der Waals surface area contributed by atoms with Gasteiger partial charge in [-0.15, -0.1) is 0 Å². The molecule has 0 radical (unpaired) electrons. The van der Waals surface area contributed by atoms with E-state index in [4.69, 9.17) is 11.6 Å². The van der Waals surface area contributed by atoms with E-state index in [1.807, 2.05) is 19.1 Å². The number of nitrogens with zero attached hydrogens (tertiary/aromatic N) is 1. The molecule has 1 aromatic heterocycles. The van der Waals surface area contributed by atoms with Gasteiger partial charge in [-0.1, -0.05) is 24.6 Å². The van der Waals surface area contributed by atoms with E-state index in [0.29, 0.717) is 5.15 Å². The van der Waals surface area contributed by atoms with Crippen molar-refractivity contribution in [2.24, 2.45) is 0 Å². The molecule has 0 bridgehead atoms. The first kappa shape index (κ1) is 9.20. The third-order valence-electron chi connectivity index (χ3n) is 1.73. The first-order chi connectivity index (χ1) is 5.65. The third kappa shape index (κ3) is 1.83. The fourth-order valence-electron chi connectivity index (χ4n) is 0.841. The molecule has 1 unspecified atom stereocenters. The fourth-order valence-corrected chi connectivity index (χ4v) is 1.00. The van der Waals surface area contributed by atoms with Gasteiger partial charge in [0.25, 0.3) is 0 Å². The van der Waals surface area contributed by atoms with Crippen LogP contribution in [0.3, 0.4) is 0 Å². The summed E-state index contributed by atoms with van der Waals surface area (Å²) < 4.78 is 0. The average Bonchev–Trinajstić information content (AvgIpc) is 2.08. The number of aryl methyl sites for hydroxylation is 1. The minimum Gasteiger partial charge on any atom is -0.303 e. The minimum atomic E-state index is -0.178. The highest BCUT2D eigenvalue weighted by Gasteiger charge is 2.06. The Morgan fingerprint density at radius 1 is 1.58 bits per heavy atom. The zero-order chi connectivity index (χ0) is 9.14. The number of aromatic nitrogens is 1. The smallest absolute Gasteiger partial charge is 0.132 e. The van der Waals surface area contributed by atoms with Gasteiger partial charge in [-0.05, 0) is 18.6 Å². The molecule has 64 valence electrons. The topological polar surface area (TPSA) is 30.0 Å². The summed E-state index contributed by atoms with van der Waals surface area (Å²) in [4.78, 5) is 14.5. The molecule has 0 spiro atoms. The molecule has 1 atom stereocenters. The molecule has 0 aliphatic rings. The van der Waals surface area contributed by atoms with E-state index in [-0.39, 0.29) is 5.92 Å². The Bertz CT molecular complexity index is 299. The number of hydrogen-bond acceptors (Lipinski definition) is 2. The van der Waals surface area contributed by atoms with Gasteiger partial charge in [-0.2, -0.15) is 0 Å².